The highest BCUT2D eigenvalue weighted by Crippen LogP contribution is 2.62. The summed E-state index contributed by atoms with van der Waals surface area (Å²) in [6, 6.07) is 0. The Morgan fingerprint density at radius 2 is 1.90 bits per heavy atom. The van der Waals surface area contributed by atoms with E-state index in [9.17, 15) is 9.90 Å². The van der Waals surface area contributed by atoms with Gasteiger partial charge in [0.2, 0.25) is 0 Å². The largest absolute Gasteiger partial charge is 0.396 e. The molecule has 8 atom stereocenters. The molecule has 2 fully saturated rings. The monoisotopic (exact) mass is 402 g/mol. The molecular weight excluding hydrogens is 356 g/mol. The Bertz CT molecular complexity index is 622. The number of rotatable bonds is 7. The van der Waals surface area contributed by atoms with Gasteiger partial charge in [0.25, 0.3) is 0 Å². The van der Waals surface area contributed by atoms with Gasteiger partial charge in [-0.3, -0.25) is 4.79 Å². The smallest absolute Gasteiger partial charge is 0.133 e. The van der Waals surface area contributed by atoms with Crippen molar-refractivity contribution in [3.05, 3.63) is 11.6 Å². The van der Waals surface area contributed by atoms with Crippen molar-refractivity contribution >= 4 is 5.78 Å². The molecule has 0 aromatic rings. The Labute approximate surface area is 179 Å². The highest BCUT2D eigenvalue weighted by molar-refractivity contribution is 5.79. The number of aliphatic hydroxyl groups is 1. The van der Waals surface area contributed by atoms with Crippen molar-refractivity contribution in [1.29, 1.82) is 0 Å². The lowest BCUT2D eigenvalue weighted by atomic mass is 9.46. The minimum absolute atomic E-state index is 0.319. The topological polar surface area (TPSA) is 37.3 Å². The lowest BCUT2D eigenvalue weighted by Gasteiger charge is -2.58. The highest BCUT2D eigenvalue weighted by Gasteiger charge is 2.54. The first-order valence-corrected chi connectivity index (χ1v) is 12.5. The molecule has 29 heavy (non-hydrogen) atoms. The molecular formula is C27H46O2. The van der Waals surface area contributed by atoms with Crippen LogP contribution in [-0.4, -0.2) is 17.5 Å². The van der Waals surface area contributed by atoms with Crippen LogP contribution in [0.4, 0.5) is 0 Å². The summed E-state index contributed by atoms with van der Waals surface area (Å²) in [6.45, 7) is 15.0. The van der Waals surface area contributed by atoms with E-state index >= 15 is 0 Å². The fourth-order valence-corrected chi connectivity index (χ4v) is 7.26. The number of Topliss-reactive ketones (excluding diaryl/α,β-unsaturated/α-hetero) is 1. The first-order valence-electron chi connectivity index (χ1n) is 12.5. The van der Waals surface area contributed by atoms with E-state index in [2.05, 4.69) is 47.6 Å². The first kappa shape index (κ1) is 23.0. The molecule has 166 valence electrons. The van der Waals surface area contributed by atoms with E-state index in [1.54, 1.807) is 5.57 Å². The third-order valence-corrected chi connectivity index (χ3v) is 10.2. The maximum Gasteiger partial charge on any atom is 0.133 e. The van der Waals surface area contributed by atoms with Gasteiger partial charge in [0, 0.05) is 19.4 Å². The molecule has 0 saturated heterocycles. The standard InChI is InChI=1S/C27H46O2/c1-18(17-28)8-7-9-19(2)20(3)26(5)15-13-25-24(21(26)4)11-10-22-16-23(29)12-14-27(22,25)6/h11,18-22,25,28H,7-10,12-17H2,1-6H3. The summed E-state index contributed by atoms with van der Waals surface area (Å²) in [4.78, 5) is 12.1. The van der Waals surface area contributed by atoms with Crippen LogP contribution in [-0.2, 0) is 4.79 Å². The number of hydrogen-bond acceptors (Lipinski definition) is 2. The highest BCUT2D eigenvalue weighted by atomic mass is 16.3. The fraction of sp³-hybridized carbons (Fsp3) is 0.889. The molecule has 0 heterocycles. The van der Waals surface area contributed by atoms with Gasteiger partial charge in [0.15, 0.2) is 0 Å². The lowest BCUT2D eigenvalue weighted by Crippen LogP contribution is -2.50. The Balaban J connectivity index is 1.71. The second-order valence-electron chi connectivity index (χ2n) is 11.7. The van der Waals surface area contributed by atoms with Crippen molar-refractivity contribution in [2.24, 2.45) is 46.3 Å². The van der Waals surface area contributed by atoms with Gasteiger partial charge in [0.1, 0.15) is 5.78 Å². The maximum absolute atomic E-state index is 12.1. The summed E-state index contributed by atoms with van der Waals surface area (Å²) in [5.74, 6) is 4.29. The van der Waals surface area contributed by atoms with Gasteiger partial charge >= 0.3 is 0 Å². The predicted octanol–water partition coefficient (Wildman–Crippen LogP) is 6.82. The summed E-state index contributed by atoms with van der Waals surface area (Å²) in [5, 5.41) is 9.29. The Hall–Kier alpha value is -0.630. The van der Waals surface area contributed by atoms with Crippen LogP contribution in [0.3, 0.4) is 0 Å². The van der Waals surface area contributed by atoms with Crippen molar-refractivity contribution in [1.82, 2.24) is 0 Å². The average molecular weight is 403 g/mol. The lowest BCUT2D eigenvalue weighted by molar-refractivity contribution is -0.127. The number of fused-ring (bicyclic) bond motifs is 3. The minimum Gasteiger partial charge on any atom is -0.396 e. The molecule has 3 aliphatic rings. The predicted molar refractivity (Wildman–Crippen MR) is 122 cm³/mol. The third kappa shape index (κ3) is 4.25. The van der Waals surface area contributed by atoms with Crippen molar-refractivity contribution in [3.63, 3.8) is 0 Å². The summed E-state index contributed by atoms with van der Waals surface area (Å²) >= 11 is 0. The third-order valence-electron chi connectivity index (χ3n) is 10.2. The van der Waals surface area contributed by atoms with E-state index < -0.39 is 0 Å². The zero-order valence-electron chi connectivity index (χ0n) is 20.0. The molecule has 2 nitrogen and oxygen atoms in total. The Morgan fingerprint density at radius 1 is 1.17 bits per heavy atom. The molecule has 1 N–H and O–H groups in total. The quantitative estimate of drug-likeness (QED) is 0.475. The van der Waals surface area contributed by atoms with Gasteiger partial charge in [-0.2, -0.15) is 0 Å². The van der Waals surface area contributed by atoms with Gasteiger partial charge in [-0.15, -0.1) is 0 Å². The van der Waals surface area contributed by atoms with Gasteiger partial charge in [-0.25, -0.2) is 0 Å². The zero-order valence-corrected chi connectivity index (χ0v) is 20.0. The number of allylic oxidation sites excluding steroid dienone is 2. The van der Waals surface area contributed by atoms with Gasteiger partial charge in [-0.1, -0.05) is 66.0 Å². The van der Waals surface area contributed by atoms with Crippen LogP contribution < -0.4 is 0 Å². The van der Waals surface area contributed by atoms with E-state index in [1.165, 1.54) is 25.7 Å². The fourth-order valence-electron chi connectivity index (χ4n) is 7.26. The molecule has 3 aliphatic carbocycles. The number of carbonyl (C=O) groups is 1. The van der Waals surface area contributed by atoms with Crippen molar-refractivity contribution in [2.75, 3.05) is 6.61 Å². The summed E-state index contributed by atoms with van der Waals surface area (Å²) in [6.07, 6.45) is 12.7. The normalized spacial score (nSPS) is 40.4. The van der Waals surface area contributed by atoms with Crippen LogP contribution in [0.2, 0.25) is 0 Å². The average Bonchev–Trinajstić information content (AvgIpc) is 2.70. The Morgan fingerprint density at radius 3 is 2.59 bits per heavy atom. The molecule has 0 aliphatic heterocycles. The number of ketones is 1. The van der Waals surface area contributed by atoms with Crippen LogP contribution in [0.5, 0.6) is 0 Å². The van der Waals surface area contributed by atoms with E-state index in [1.807, 2.05) is 0 Å². The van der Waals surface area contributed by atoms with Crippen molar-refractivity contribution in [2.45, 2.75) is 99.3 Å². The van der Waals surface area contributed by atoms with Crippen molar-refractivity contribution < 1.29 is 9.90 Å². The van der Waals surface area contributed by atoms with Crippen LogP contribution in [0.15, 0.2) is 11.6 Å². The van der Waals surface area contributed by atoms with Crippen LogP contribution in [0, 0.1) is 46.3 Å². The van der Waals surface area contributed by atoms with Gasteiger partial charge < -0.3 is 5.11 Å². The second kappa shape index (κ2) is 8.85. The molecule has 2 heteroatoms. The van der Waals surface area contributed by atoms with Crippen LogP contribution >= 0.6 is 0 Å². The molecule has 8 unspecified atom stereocenters. The Kier molecular flexibility index (Phi) is 7.03. The van der Waals surface area contributed by atoms with E-state index in [4.69, 9.17) is 0 Å². The molecule has 2 saturated carbocycles. The summed E-state index contributed by atoms with van der Waals surface area (Å²) in [7, 11) is 0. The maximum atomic E-state index is 12.1. The van der Waals surface area contributed by atoms with E-state index in [0.29, 0.717) is 52.8 Å². The molecule has 0 aromatic heterocycles. The van der Waals surface area contributed by atoms with Crippen molar-refractivity contribution in [3.8, 4) is 0 Å². The molecule has 0 radical (unpaired) electrons. The first-order chi connectivity index (χ1) is 13.6. The molecule has 0 spiro atoms. The second-order valence-corrected chi connectivity index (χ2v) is 11.7. The van der Waals surface area contributed by atoms with Gasteiger partial charge in [0.05, 0.1) is 0 Å². The SMILES string of the molecule is CC(CO)CCCC(C)C(C)C1(C)CCC2C(=CCC3CC(=O)CCC32C)C1C. The molecule has 3 rings (SSSR count). The van der Waals surface area contributed by atoms with Crippen LogP contribution in [0.25, 0.3) is 0 Å². The summed E-state index contributed by atoms with van der Waals surface area (Å²) in [5.41, 5.74) is 2.46. The molecule has 0 aromatic carbocycles. The number of aliphatic hydroxyl groups excluding tert-OH is 1. The van der Waals surface area contributed by atoms with Gasteiger partial charge in [-0.05, 0) is 78.4 Å². The number of hydrogen-bond donors (Lipinski definition) is 1. The number of carbonyl (C=O) groups excluding carboxylic acids is 1. The summed E-state index contributed by atoms with van der Waals surface area (Å²) < 4.78 is 0. The minimum atomic E-state index is 0.319. The zero-order chi connectivity index (χ0) is 21.4. The van der Waals surface area contributed by atoms with E-state index in [0.717, 1.165) is 38.0 Å². The molecule has 0 bridgehead atoms. The van der Waals surface area contributed by atoms with E-state index in [-0.39, 0.29) is 0 Å². The molecule has 0 amide bonds. The van der Waals surface area contributed by atoms with Crippen LogP contribution in [0.1, 0.15) is 99.3 Å².